The number of sulfone groups is 1. The summed E-state index contributed by atoms with van der Waals surface area (Å²) in [4.78, 5) is 71.4. The van der Waals surface area contributed by atoms with E-state index < -0.39 is 69.0 Å². The highest BCUT2D eigenvalue weighted by atomic mass is 32.2. The third-order valence-electron chi connectivity index (χ3n) is 10.7. The number of alkyl carbamates (subject to hydrolysis) is 1. The van der Waals surface area contributed by atoms with Gasteiger partial charge >= 0.3 is 12.2 Å². The van der Waals surface area contributed by atoms with Crippen LogP contribution in [-0.2, 0) is 46.8 Å². The topological polar surface area (TPSA) is 168 Å². The number of rotatable bonds is 5. The molecule has 1 aromatic rings. The van der Waals surface area contributed by atoms with Gasteiger partial charge in [0.2, 0.25) is 11.8 Å². The third kappa shape index (κ3) is 8.61. The Balaban J connectivity index is 1.24. The van der Waals surface area contributed by atoms with Crippen molar-refractivity contribution in [2.45, 2.75) is 121 Å². The number of halogens is 1. The molecule has 2 saturated heterocycles. The average molecular weight is 745 g/mol. The zero-order chi connectivity index (χ0) is 37.4. The maximum absolute atomic E-state index is 14.4. The number of nitrogens with one attached hydrogen (secondary N) is 2. The molecule has 3 fully saturated rings. The summed E-state index contributed by atoms with van der Waals surface area (Å²) in [5.41, 5.74) is -0.998. The molecule has 4 heterocycles. The van der Waals surface area contributed by atoms with Gasteiger partial charge in [0.05, 0.1) is 24.6 Å². The lowest BCUT2D eigenvalue weighted by Crippen LogP contribution is -2.56. The zero-order valence-corrected chi connectivity index (χ0v) is 30.8. The van der Waals surface area contributed by atoms with Gasteiger partial charge in [0, 0.05) is 30.9 Å². The number of amides is 4. The van der Waals surface area contributed by atoms with Gasteiger partial charge in [0.15, 0.2) is 15.6 Å². The van der Waals surface area contributed by atoms with E-state index in [0.717, 1.165) is 19.3 Å². The first-order valence-electron chi connectivity index (χ1n) is 18.3. The second-order valence-electron chi connectivity index (χ2n) is 15.9. The fourth-order valence-corrected chi connectivity index (χ4v) is 9.75. The summed E-state index contributed by atoms with van der Waals surface area (Å²) < 4.78 is 50.0. The minimum Gasteiger partial charge on any atom is -0.444 e. The van der Waals surface area contributed by atoms with Crippen molar-refractivity contribution >= 4 is 39.6 Å². The van der Waals surface area contributed by atoms with E-state index in [1.807, 2.05) is 12.2 Å². The number of ketones is 1. The minimum atomic E-state index is -3.21. The first kappa shape index (κ1) is 37.7. The molecule has 4 aliphatic heterocycles. The van der Waals surface area contributed by atoms with E-state index in [-0.39, 0.29) is 68.0 Å². The number of carbonyl (C=O) groups excluding carboxylic acids is 5. The Morgan fingerprint density at radius 1 is 1.10 bits per heavy atom. The summed E-state index contributed by atoms with van der Waals surface area (Å²) in [7, 11) is -3.21. The standard InChI is InChI=1S/C37H49FN4O9S/c1-36(2,3)51-34(46)39-29-13-8-6-4-5-7-11-25-18-37(25,31(43)16-23-14-15-52(48,49)22-23)40-32(44)30-17-26(20-42(30)33(29)45)50-35(47)41-19-24-10-9-12-28(38)27(24)21-41/h7,9-12,23,25-26,29-30H,4-6,8,13-22H2,1-3H3,(H,39,46)(H,40,44)/b11-7-/t23-,25-,26-,29+,30+,37-/m1/s1. The molecule has 4 amide bonds. The van der Waals surface area contributed by atoms with Crippen molar-refractivity contribution in [2.24, 2.45) is 11.8 Å². The minimum absolute atomic E-state index is 0.0120. The highest BCUT2D eigenvalue weighted by Gasteiger charge is 2.60. The molecule has 6 atom stereocenters. The number of hydrogen-bond donors (Lipinski definition) is 2. The summed E-state index contributed by atoms with van der Waals surface area (Å²) in [5, 5.41) is 5.67. The van der Waals surface area contributed by atoms with Crippen molar-refractivity contribution < 1.29 is 46.3 Å². The number of benzene rings is 1. The van der Waals surface area contributed by atoms with Crippen LogP contribution in [0.5, 0.6) is 0 Å². The van der Waals surface area contributed by atoms with Crippen LogP contribution in [0, 0.1) is 17.7 Å². The molecule has 0 bridgehead atoms. The Morgan fingerprint density at radius 2 is 1.88 bits per heavy atom. The largest absolute Gasteiger partial charge is 0.444 e. The van der Waals surface area contributed by atoms with Crippen LogP contribution in [0.25, 0.3) is 0 Å². The molecule has 15 heteroatoms. The van der Waals surface area contributed by atoms with Crippen LogP contribution in [0.2, 0.25) is 0 Å². The van der Waals surface area contributed by atoms with Crippen molar-refractivity contribution in [3.8, 4) is 0 Å². The Hall–Kier alpha value is -4.01. The first-order valence-corrected chi connectivity index (χ1v) is 20.1. The van der Waals surface area contributed by atoms with Crippen molar-refractivity contribution in [3.05, 3.63) is 47.3 Å². The summed E-state index contributed by atoms with van der Waals surface area (Å²) in [6.45, 7) is 5.14. The van der Waals surface area contributed by atoms with Gasteiger partial charge < -0.3 is 25.0 Å². The highest BCUT2D eigenvalue weighted by Crippen LogP contribution is 2.47. The number of hydrogen-bond acceptors (Lipinski definition) is 9. The van der Waals surface area contributed by atoms with E-state index in [1.165, 1.54) is 15.9 Å². The Kier molecular flexibility index (Phi) is 10.7. The fraction of sp³-hybridized carbons (Fsp3) is 0.649. The molecule has 2 N–H and O–H groups in total. The average Bonchev–Trinajstić information content (AvgIpc) is 3.36. The van der Waals surface area contributed by atoms with Crippen molar-refractivity contribution in [3.63, 3.8) is 0 Å². The maximum Gasteiger partial charge on any atom is 0.410 e. The number of nitrogens with zero attached hydrogens (tertiary/aromatic N) is 2. The van der Waals surface area contributed by atoms with Crippen LogP contribution < -0.4 is 10.6 Å². The first-order chi connectivity index (χ1) is 24.5. The Bertz CT molecular complexity index is 1740. The molecule has 0 radical (unpaired) electrons. The maximum atomic E-state index is 14.4. The molecule has 1 aliphatic carbocycles. The van der Waals surface area contributed by atoms with Crippen LogP contribution in [0.3, 0.4) is 0 Å². The second-order valence-corrected chi connectivity index (χ2v) is 18.1. The van der Waals surface area contributed by atoms with Gasteiger partial charge in [-0.15, -0.1) is 0 Å². The van der Waals surface area contributed by atoms with Gasteiger partial charge in [-0.3, -0.25) is 19.3 Å². The number of Topliss-reactive ketones (excluding diaryl/α,β-unsaturated/α-hetero) is 1. The normalized spacial score (nSPS) is 30.9. The Labute approximate surface area is 303 Å². The number of fused-ring (bicyclic) bond motifs is 3. The summed E-state index contributed by atoms with van der Waals surface area (Å²) >= 11 is 0. The van der Waals surface area contributed by atoms with Gasteiger partial charge in [-0.2, -0.15) is 0 Å². The van der Waals surface area contributed by atoms with Gasteiger partial charge in [-0.1, -0.05) is 37.1 Å². The molecular weight excluding hydrogens is 695 g/mol. The lowest BCUT2D eigenvalue weighted by molar-refractivity contribution is -0.141. The second kappa shape index (κ2) is 14.8. The Morgan fingerprint density at radius 3 is 2.60 bits per heavy atom. The molecule has 1 saturated carbocycles. The van der Waals surface area contributed by atoms with Gasteiger partial charge in [0.25, 0.3) is 0 Å². The smallest absolute Gasteiger partial charge is 0.410 e. The van der Waals surface area contributed by atoms with Crippen molar-refractivity contribution in [1.82, 2.24) is 20.4 Å². The molecule has 52 heavy (non-hydrogen) atoms. The van der Waals surface area contributed by atoms with E-state index in [4.69, 9.17) is 9.47 Å². The molecular formula is C37H49FN4O9S. The summed E-state index contributed by atoms with van der Waals surface area (Å²) in [5.74, 6) is -2.46. The fourth-order valence-electron chi connectivity index (χ4n) is 7.89. The van der Waals surface area contributed by atoms with Gasteiger partial charge in [-0.25, -0.2) is 22.4 Å². The molecule has 1 aromatic carbocycles. The summed E-state index contributed by atoms with van der Waals surface area (Å²) in [6, 6.07) is 2.46. The monoisotopic (exact) mass is 744 g/mol. The molecule has 0 unspecified atom stereocenters. The van der Waals surface area contributed by atoms with Gasteiger partial charge in [0.1, 0.15) is 35.1 Å². The van der Waals surface area contributed by atoms with E-state index in [1.54, 1.807) is 32.9 Å². The SMILES string of the molecule is CC(C)(C)OC(=O)N[C@H]1CCCCC/C=C\[C@@H]2C[C@@]2(C(=O)C[C@H]2CCS(=O)(=O)C2)NC(=O)[C@@H]2C[C@@H](OC(=O)N3Cc4cccc(F)c4C3)CN2C1=O. The number of carbonyl (C=O) groups is 5. The zero-order valence-electron chi connectivity index (χ0n) is 30.0. The molecule has 284 valence electrons. The van der Waals surface area contributed by atoms with Gasteiger partial charge in [-0.05, 0) is 70.4 Å². The molecule has 6 rings (SSSR count). The predicted octanol–water partition coefficient (Wildman–Crippen LogP) is 3.93. The van der Waals surface area contributed by atoms with Crippen LogP contribution >= 0.6 is 0 Å². The van der Waals surface area contributed by atoms with Crippen LogP contribution in [0.1, 0.15) is 89.7 Å². The molecule has 5 aliphatic rings. The van der Waals surface area contributed by atoms with E-state index >= 15 is 0 Å². The predicted molar refractivity (Wildman–Crippen MR) is 187 cm³/mol. The lowest BCUT2D eigenvalue weighted by atomic mass is 9.94. The van der Waals surface area contributed by atoms with E-state index in [0.29, 0.717) is 30.4 Å². The van der Waals surface area contributed by atoms with Crippen molar-refractivity contribution in [2.75, 3.05) is 18.1 Å². The molecule has 0 spiro atoms. The quantitative estimate of drug-likeness (QED) is 0.425. The summed E-state index contributed by atoms with van der Waals surface area (Å²) in [6.07, 6.45) is 5.38. The third-order valence-corrected chi connectivity index (χ3v) is 12.5. The van der Waals surface area contributed by atoms with E-state index in [9.17, 15) is 36.8 Å². The van der Waals surface area contributed by atoms with Crippen LogP contribution in [0.15, 0.2) is 30.4 Å². The van der Waals surface area contributed by atoms with Crippen LogP contribution in [0.4, 0.5) is 14.0 Å². The van der Waals surface area contributed by atoms with E-state index in [2.05, 4.69) is 10.6 Å². The van der Waals surface area contributed by atoms with Crippen LogP contribution in [-0.4, -0.2) is 95.4 Å². The van der Waals surface area contributed by atoms with Crippen molar-refractivity contribution in [1.29, 1.82) is 0 Å². The highest BCUT2D eigenvalue weighted by molar-refractivity contribution is 7.91. The number of ether oxygens (including phenoxy) is 2. The number of allylic oxidation sites excluding steroid dienone is 1. The lowest BCUT2D eigenvalue weighted by Gasteiger charge is -2.30. The molecule has 13 nitrogen and oxygen atoms in total. The molecule has 0 aromatic heterocycles.